The predicted molar refractivity (Wildman–Crippen MR) is 65.1 cm³/mol. The van der Waals surface area contributed by atoms with Crippen molar-refractivity contribution in [2.24, 2.45) is 0 Å². The first kappa shape index (κ1) is 11.8. The van der Waals surface area contributed by atoms with Crippen molar-refractivity contribution in [3.05, 3.63) is 28.5 Å². The lowest BCUT2D eigenvalue weighted by molar-refractivity contribution is 0.0590. The van der Waals surface area contributed by atoms with Gasteiger partial charge >= 0.3 is 5.97 Å². The Hall–Kier alpha value is -1.69. The fourth-order valence-electron chi connectivity index (χ4n) is 1.42. The van der Waals surface area contributed by atoms with Crippen LogP contribution in [0.5, 0.6) is 5.75 Å². The highest BCUT2D eigenvalue weighted by atomic mass is 79.9. The molecule has 0 radical (unpaired) electrons. The number of carbonyl (C=O) groups excluding carboxylic acids is 1. The zero-order valence-electron chi connectivity index (χ0n) is 9.23. The van der Waals surface area contributed by atoms with E-state index in [4.69, 9.17) is 4.74 Å². The molecular formula is C11H9BrN2O3. The van der Waals surface area contributed by atoms with Gasteiger partial charge in [-0.25, -0.2) is 9.78 Å². The summed E-state index contributed by atoms with van der Waals surface area (Å²) in [6, 6.07) is 3.40. The van der Waals surface area contributed by atoms with Gasteiger partial charge in [0.2, 0.25) is 0 Å². The quantitative estimate of drug-likeness (QED) is 0.795. The topological polar surface area (TPSA) is 61.3 Å². The van der Waals surface area contributed by atoms with Crippen LogP contribution in [0, 0.1) is 0 Å². The van der Waals surface area contributed by atoms with E-state index in [0.717, 1.165) is 4.47 Å². The standard InChI is InChI=1S/C11H9BrN2O3/c1-16-8-5-7-9(6(12)3-4-13-7)14-10(8)11(15)17-2/h3-5H,1-2H3. The monoisotopic (exact) mass is 296 g/mol. The Kier molecular flexibility index (Phi) is 3.23. The number of hydrogen-bond acceptors (Lipinski definition) is 5. The maximum atomic E-state index is 11.5. The van der Waals surface area contributed by atoms with Crippen molar-refractivity contribution in [2.45, 2.75) is 0 Å². The van der Waals surface area contributed by atoms with Gasteiger partial charge in [-0.15, -0.1) is 0 Å². The number of pyridine rings is 2. The Bertz CT molecular complexity index is 586. The fraction of sp³-hybridized carbons (Fsp3) is 0.182. The number of fused-ring (bicyclic) bond motifs is 1. The van der Waals surface area contributed by atoms with E-state index in [2.05, 4.69) is 30.6 Å². The zero-order chi connectivity index (χ0) is 12.4. The molecule has 0 spiro atoms. The smallest absolute Gasteiger partial charge is 0.360 e. The van der Waals surface area contributed by atoms with E-state index >= 15 is 0 Å². The van der Waals surface area contributed by atoms with Gasteiger partial charge in [0.25, 0.3) is 0 Å². The van der Waals surface area contributed by atoms with Crippen LogP contribution in [0.1, 0.15) is 10.5 Å². The minimum atomic E-state index is -0.542. The number of nitrogens with zero attached hydrogens (tertiary/aromatic N) is 2. The molecular weight excluding hydrogens is 288 g/mol. The summed E-state index contributed by atoms with van der Waals surface area (Å²) in [6.07, 6.45) is 1.64. The lowest BCUT2D eigenvalue weighted by Gasteiger charge is -2.07. The molecule has 0 atom stereocenters. The van der Waals surface area contributed by atoms with E-state index in [1.54, 1.807) is 18.3 Å². The Morgan fingerprint density at radius 2 is 2.18 bits per heavy atom. The van der Waals surface area contributed by atoms with E-state index in [9.17, 15) is 4.79 Å². The second kappa shape index (κ2) is 4.67. The minimum absolute atomic E-state index is 0.135. The van der Waals surface area contributed by atoms with Crippen LogP contribution >= 0.6 is 15.9 Å². The largest absolute Gasteiger partial charge is 0.494 e. The fourth-order valence-corrected chi connectivity index (χ4v) is 1.83. The summed E-state index contributed by atoms with van der Waals surface area (Å²) >= 11 is 3.35. The molecule has 2 aromatic rings. The molecule has 17 heavy (non-hydrogen) atoms. The molecule has 0 amide bonds. The lowest BCUT2D eigenvalue weighted by Crippen LogP contribution is -2.07. The van der Waals surface area contributed by atoms with Crippen molar-refractivity contribution in [3.8, 4) is 5.75 Å². The van der Waals surface area contributed by atoms with Crippen molar-refractivity contribution in [2.75, 3.05) is 14.2 Å². The summed E-state index contributed by atoms with van der Waals surface area (Å²) in [5.41, 5.74) is 1.37. The van der Waals surface area contributed by atoms with Crippen LogP contribution in [-0.4, -0.2) is 30.2 Å². The lowest BCUT2D eigenvalue weighted by atomic mass is 10.2. The predicted octanol–water partition coefficient (Wildman–Crippen LogP) is 2.19. The molecule has 0 saturated carbocycles. The van der Waals surface area contributed by atoms with Gasteiger partial charge in [0.1, 0.15) is 5.52 Å². The van der Waals surface area contributed by atoms with Crippen LogP contribution in [0.15, 0.2) is 22.8 Å². The molecule has 5 nitrogen and oxygen atoms in total. The van der Waals surface area contributed by atoms with Gasteiger partial charge in [-0.05, 0) is 22.0 Å². The Morgan fingerprint density at radius 3 is 2.82 bits per heavy atom. The summed E-state index contributed by atoms with van der Waals surface area (Å²) in [4.78, 5) is 19.9. The second-order valence-electron chi connectivity index (χ2n) is 3.19. The van der Waals surface area contributed by atoms with Gasteiger partial charge in [-0.3, -0.25) is 4.98 Å². The second-order valence-corrected chi connectivity index (χ2v) is 4.05. The van der Waals surface area contributed by atoms with E-state index in [1.165, 1.54) is 14.2 Å². The van der Waals surface area contributed by atoms with Crippen LogP contribution in [0.25, 0.3) is 11.0 Å². The van der Waals surface area contributed by atoms with E-state index in [0.29, 0.717) is 16.8 Å². The number of hydrogen-bond donors (Lipinski definition) is 0. The van der Waals surface area contributed by atoms with Gasteiger partial charge in [-0.2, -0.15) is 0 Å². The van der Waals surface area contributed by atoms with Crippen LogP contribution < -0.4 is 4.74 Å². The van der Waals surface area contributed by atoms with Gasteiger partial charge in [0, 0.05) is 16.7 Å². The van der Waals surface area contributed by atoms with Crippen LogP contribution in [0.2, 0.25) is 0 Å². The van der Waals surface area contributed by atoms with Crippen molar-refractivity contribution in [1.29, 1.82) is 0 Å². The first-order valence-electron chi connectivity index (χ1n) is 4.75. The average molecular weight is 297 g/mol. The van der Waals surface area contributed by atoms with E-state index in [1.807, 2.05) is 0 Å². The summed E-state index contributed by atoms with van der Waals surface area (Å²) in [7, 11) is 2.76. The van der Waals surface area contributed by atoms with E-state index < -0.39 is 5.97 Å². The molecule has 2 heterocycles. The summed E-state index contributed by atoms with van der Waals surface area (Å²) < 4.78 is 10.5. The zero-order valence-corrected chi connectivity index (χ0v) is 10.8. The molecule has 88 valence electrons. The van der Waals surface area contributed by atoms with Gasteiger partial charge in [-0.1, -0.05) is 0 Å². The van der Waals surface area contributed by atoms with Gasteiger partial charge < -0.3 is 9.47 Å². The molecule has 6 heteroatoms. The number of methoxy groups -OCH3 is 2. The number of aromatic nitrogens is 2. The summed E-state index contributed by atoms with van der Waals surface area (Å²) in [5, 5.41) is 0. The molecule has 0 saturated heterocycles. The molecule has 0 unspecified atom stereocenters. The Morgan fingerprint density at radius 1 is 1.41 bits per heavy atom. The minimum Gasteiger partial charge on any atom is -0.494 e. The van der Waals surface area contributed by atoms with Crippen molar-refractivity contribution < 1.29 is 14.3 Å². The van der Waals surface area contributed by atoms with E-state index in [-0.39, 0.29) is 5.69 Å². The third kappa shape index (κ3) is 2.08. The van der Waals surface area contributed by atoms with Crippen LogP contribution in [0.4, 0.5) is 0 Å². The molecule has 2 aromatic heterocycles. The SMILES string of the molecule is COC(=O)c1nc2c(Br)ccnc2cc1OC. The highest BCUT2D eigenvalue weighted by molar-refractivity contribution is 9.10. The maximum Gasteiger partial charge on any atom is 0.360 e. The number of halogens is 1. The van der Waals surface area contributed by atoms with Crippen molar-refractivity contribution >= 4 is 32.9 Å². The highest BCUT2D eigenvalue weighted by Crippen LogP contribution is 2.26. The highest BCUT2D eigenvalue weighted by Gasteiger charge is 2.17. The molecule has 0 bridgehead atoms. The Labute approximate surface area is 106 Å². The van der Waals surface area contributed by atoms with Crippen molar-refractivity contribution in [3.63, 3.8) is 0 Å². The Balaban J connectivity index is 2.74. The number of rotatable bonds is 2. The molecule has 0 N–H and O–H groups in total. The molecule has 0 aromatic carbocycles. The number of ether oxygens (including phenoxy) is 2. The molecule has 2 rings (SSSR count). The number of esters is 1. The van der Waals surface area contributed by atoms with Crippen LogP contribution in [-0.2, 0) is 4.74 Å². The first-order chi connectivity index (χ1) is 8.17. The van der Waals surface area contributed by atoms with Crippen molar-refractivity contribution in [1.82, 2.24) is 9.97 Å². The third-order valence-electron chi connectivity index (χ3n) is 2.23. The van der Waals surface area contributed by atoms with Crippen LogP contribution in [0.3, 0.4) is 0 Å². The normalized spacial score (nSPS) is 10.3. The first-order valence-corrected chi connectivity index (χ1v) is 5.54. The van der Waals surface area contributed by atoms with Gasteiger partial charge in [0.15, 0.2) is 11.4 Å². The van der Waals surface area contributed by atoms with Gasteiger partial charge in [0.05, 0.1) is 19.7 Å². The molecule has 0 fully saturated rings. The molecule has 0 aliphatic rings. The molecule has 0 aliphatic heterocycles. The molecule has 0 aliphatic carbocycles. The summed E-state index contributed by atoms with van der Waals surface area (Å²) in [5.74, 6) is -0.200. The number of carbonyl (C=O) groups is 1. The average Bonchev–Trinajstić information content (AvgIpc) is 2.37. The maximum absolute atomic E-state index is 11.5. The third-order valence-corrected chi connectivity index (χ3v) is 2.87. The summed E-state index contributed by atoms with van der Waals surface area (Å²) in [6.45, 7) is 0.